The Kier molecular flexibility index (Phi) is 7.02. The third-order valence-electron chi connectivity index (χ3n) is 5.09. The molecule has 0 saturated carbocycles. The second kappa shape index (κ2) is 10.5. The van der Waals surface area contributed by atoms with Gasteiger partial charge >= 0.3 is 0 Å². The number of aromatic amines is 1. The highest BCUT2D eigenvalue weighted by Crippen LogP contribution is 2.19. The van der Waals surface area contributed by atoms with Gasteiger partial charge in [-0.15, -0.1) is 0 Å². The van der Waals surface area contributed by atoms with Crippen LogP contribution in [0.4, 0.5) is 5.95 Å². The summed E-state index contributed by atoms with van der Waals surface area (Å²) in [6.45, 7) is 1.83. The molecule has 0 bridgehead atoms. The first-order chi connectivity index (χ1) is 15.7. The minimum absolute atomic E-state index is 0.0422. The van der Waals surface area contributed by atoms with Gasteiger partial charge in [0.1, 0.15) is 11.6 Å². The first kappa shape index (κ1) is 21.4. The summed E-state index contributed by atoms with van der Waals surface area (Å²) in [4.78, 5) is 19.3. The highest BCUT2D eigenvalue weighted by atomic mass is 16.5. The molecular weight excluding hydrogens is 406 g/mol. The monoisotopic (exact) mass is 429 g/mol. The van der Waals surface area contributed by atoms with Crippen molar-refractivity contribution in [2.75, 3.05) is 18.6 Å². The summed E-state index contributed by atoms with van der Waals surface area (Å²) in [5, 5.41) is 13.6. The summed E-state index contributed by atoms with van der Waals surface area (Å²) >= 11 is 0. The number of hydrazone groups is 1. The van der Waals surface area contributed by atoms with E-state index in [2.05, 4.69) is 20.5 Å². The summed E-state index contributed by atoms with van der Waals surface area (Å²) in [6.07, 6.45) is 3.94. The van der Waals surface area contributed by atoms with Crippen LogP contribution in [-0.2, 0) is 16.1 Å². The molecule has 1 aliphatic rings. The number of anilines is 1. The van der Waals surface area contributed by atoms with Gasteiger partial charge in [-0.1, -0.05) is 54.6 Å². The Morgan fingerprint density at radius 2 is 2.06 bits per heavy atom. The lowest BCUT2D eigenvalue weighted by atomic mass is 10.1. The van der Waals surface area contributed by atoms with E-state index in [1.807, 2.05) is 48.5 Å². The molecule has 8 nitrogen and oxygen atoms in total. The number of nitrogens with one attached hydrogen (secondary N) is 2. The Bertz CT molecular complexity index is 1180. The predicted octanol–water partition coefficient (Wildman–Crippen LogP) is 3.45. The number of hydrogen-bond acceptors (Lipinski definition) is 7. The van der Waals surface area contributed by atoms with Gasteiger partial charge in [0.05, 0.1) is 31.2 Å². The number of nitriles is 1. The lowest BCUT2D eigenvalue weighted by Gasteiger charge is -2.11. The molecule has 1 atom stereocenters. The molecule has 2 heterocycles. The maximum Gasteiger partial charge on any atom is 0.270 e. The number of aromatic nitrogens is 2. The van der Waals surface area contributed by atoms with E-state index in [1.165, 1.54) is 0 Å². The van der Waals surface area contributed by atoms with E-state index >= 15 is 0 Å². The van der Waals surface area contributed by atoms with Crippen LogP contribution < -0.4 is 11.0 Å². The van der Waals surface area contributed by atoms with Crippen LogP contribution in [0.3, 0.4) is 0 Å². The van der Waals surface area contributed by atoms with E-state index < -0.39 is 5.56 Å². The van der Waals surface area contributed by atoms with Gasteiger partial charge < -0.3 is 9.47 Å². The molecule has 1 aromatic heterocycles. The summed E-state index contributed by atoms with van der Waals surface area (Å²) < 4.78 is 11.4. The Labute approximate surface area is 185 Å². The molecule has 1 saturated heterocycles. The van der Waals surface area contributed by atoms with Crippen molar-refractivity contribution in [3.63, 3.8) is 0 Å². The van der Waals surface area contributed by atoms with Gasteiger partial charge in [-0.3, -0.25) is 9.78 Å². The van der Waals surface area contributed by atoms with Crippen LogP contribution in [0.2, 0.25) is 0 Å². The van der Waals surface area contributed by atoms with Gasteiger partial charge in [-0.25, -0.2) is 10.4 Å². The van der Waals surface area contributed by atoms with Gasteiger partial charge in [0.25, 0.3) is 5.56 Å². The zero-order valence-electron chi connectivity index (χ0n) is 17.5. The zero-order valence-corrected chi connectivity index (χ0v) is 17.5. The van der Waals surface area contributed by atoms with E-state index in [1.54, 1.807) is 18.3 Å². The molecule has 1 unspecified atom stereocenters. The number of benzene rings is 2. The standard InChI is InChI=1S/C24H23N5O3/c25-13-21-22(17-7-2-1-3-8-17)27-24(28-23(21)30)29-26-14-18-9-4-5-10-19(18)15-31-16-20-11-6-12-32-20/h1-5,7-10,14,20H,6,11-12,15-16H2,(H2,27,28,29,30). The van der Waals surface area contributed by atoms with Crippen LogP contribution in [0.5, 0.6) is 0 Å². The molecule has 4 rings (SSSR count). The summed E-state index contributed by atoms with van der Waals surface area (Å²) in [7, 11) is 0. The van der Waals surface area contributed by atoms with Gasteiger partial charge in [0.15, 0.2) is 0 Å². The molecule has 0 radical (unpaired) electrons. The summed E-state index contributed by atoms with van der Waals surface area (Å²) in [5.41, 5.74) is 5.04. The van der Waals surface area contributed by atoms with Crippen molar-refractivity contribution >= 4 is 12.2 Å². The molecule has 2 aromatic carbocycles. The van der Waals surface area contributed by atoms with Crippen LogP contribution in [-0.4, -0.2) is 35.5 Å². The molecule has 8 heteroatoms. The van der Waals surface area contributed by atoms with Crippen molar-refractivity contribution in [1.82, 2.24) is 9.97 Å². The first-order valence-corrected chi connectivity index (χ1v) is 10.4. The van der Waals surface area contributed by atoms with E-state index in [0.717, 1.165) is 30.6 Å². The number of hydrogen-bond donors (Lipinski definition) is 2. The molecule has 0 aliphatic carbocycles. The molecule has 2 N–H and O–H groups in total. The molecule has 0 amide bonds. The molecule has 3 aromatic rings. The van der Waals surface area contributed by atoms with Gasteiger partial charge in [0.2, 0.25) is 5.95 Å². The second-order valence-corrected chi connectivity index (χ2v) is 7.33. The van der Waals surface area contributed by atoms with Crippen molar-refractivity contribution in [2.24, 2.45) is 5.10 Å². The van der Waals surface area contributed by atoms with Gasteiger partial charge in [-0.2, -0.15) is 10.4 Å². The average Bonchev–Trinajstić information content (AvgIpc) is 3.34. The predicted molar refractivity (Wildman–Crippen MR) is 121 cm³/mol. The summed E-state index contributed by atoms with van der Waals surface area (Å²) in [6, 6.07) is 18.8. The van der Waals surface area contributed by atoms with Crippen molar-refractivity contribution in [3.8, 4) is 17.3 Å². The fourth-order valence-corrected chi connectivity index (χ4v) is 3.47. The lowest BCUT2D eigenvalue weighted by molar-refractivity contribution is 0.0106. The van der Waals surface area contributed by atoms with Gasteiger partial charge in [-0.05, 0) is 18.4 Å². The van der Waals surface area contributed by atoms with E-state index in [0.29, 0.717) is 24.5 Å². The van der Waals surface area contributed by atoms with E-state index in [9.17, 15) is 10.1 Å². The number of nitrogens with zero attached hydrogens (tertiary/aromatic N) is 3. The second-order valence-electron chi connectivity index (χ2n) is 7.33. The molecule has 162 valence electrons. The Hall–Kier alpha value is -3.80. The van der Waals surface area contributed by atoms with Crippen LogP contribution in [0, 0.1) is 11.3 Å². The van der Waals surface area contributed by atoms with Crippen molar-refractivity contribution < 1.29 is 9.47 Å². The number of H-pyrrole nitrogens is 1. The average molecular weight is 429 g/mol. The topological polar surface area (TPSA) is 112 Å². The Morgan fingerprint density at radius 3 is 2.84 bits per heavy atom. The minimum atomic E-state index is -0.526. The molecule has 0 spiro atoms. The minimum Gasteiger partial charge on any atom is -0.376 e. The number of rotatable bonds is 8. The Morgan fingerprint density at radius 1 is 1.25 bits per heavy atom. The van der Waals surface area contributed by atoms with E-state index in [-0.39, 0.29) is 17.6 Å². The van der Waals surface area contributed by atoms with Crippen molar-refractivity contribution in [3.05, 3.63) is 81.6 Å². The number of ether oxygens (including phenoxy) is 2. The molecule has 1 aliphatic heterocycles. The fraction of sp³-hybridized carbons (Fsp3) is 0.250. The molecule has 1 fully saturated rings. The van der Waals surface area contributed by atoms with Crippen LogP contribution in [0.15, 0.2) is 64.5 Å². The van der Waals surface area contributed by atoms with Crippen LogP contribution in [0.25, 0.3) is 11.3 Å². The third kappa shape index (κ3) is 5.27. The van der Waals surface area contributed by atoms with Crippen LogP contribution in [0.1, 0.15) is 29.5 Å². The van der Waals surface area contributed by atoms with Crippen LogP contribution >= 0.6 is 0 Å². The van der Waals surface area contributed by atoms with E-state index in [4.69, 9.17) is 9.47 Å². The molecular formula is C24H23N5O3. The van der Waals surface area contributed by atoms with Crippen molar-refractivity contribution in [2.45, 2.75) is 25.6 Å². The first-order valence-electron chi connectivity index (χ1n) is 10.4. The van der Waals surface area contributed by atoms with Crippen molar-refractivity contribution in [1.29, 1.82) is 5.26 Å². The maximum atomic E-state index is 12.3. The SMILES string of the molecule is N#Cc1c(-c2ccccc2)nc(NN=Cc2ccccc2COCC2CCCO2)[nH]c1=O. The Balaban J connectivity index is 1.47. The quantitative estimate of drug-likeness (QED) is 0.419. The normalized spacial score (nSPS) is 15.7. The lowest BCUT2D eigenvalue weighted by Crippen LogP contribution is -2.16. The highest BCUT2D eigenvalue weighted by molar-refractivity contribution is 5.82. The van der Waals surface area contributed by atoms with Gasteiger partial charge in [0, 0.05) is 17.7 Å². The largest absolute Gasteiger partial charge is 0.376 e. The molecule has 32 heavy (non-hydrogen) atoms. The smallest absolute Gasteiger partial charge is 0.270 e. The third-order valence-corrected chi connectivity index (χ3v) is 5.09. The zero-order chi connectivity index (χ0) is 22.2. The summed E-state index contributed by atoms with van der Waals surface area (Å²) in [5.74, 6) is 0.149. The fourth-order valence-electron chi connectivity index (χ4n) is 3.47. The highest BCUT2D eigenvalue weighted by Gasteiger charge is 2.15. The maximum absolute atomic E-state index is 12.3.